The molecule has 2 aromatic carbocycles. The van der Waals surface area contributed by atoms with E-state index in [-0.39, 0.29) is 17.9 Å². The number of hydrogen-bond acceptors (Lipinski definition) is 5. The van der Waals surface area contributed by atoms with Crippen LogP contribution in [0.2, 0.25) is 5.02 Å². The number of piperazine rings is 1. The third-order valence-corrected chi connectivity index (χ3v) is 6.65. The van der Waals surface area contributed by atoms with Crippen molar-refractivity contribution in [2.24, 2.45) is 0 Å². The molecule has 0 spiro atoms. The van der Waals surface area contributed by atoms with Gasteiger partial charge in [0.15, 0.2) is 5.16 Å². The van der Waals surface area contributed by atoms with Gasteiger partial charge in [0, 0.05) is 48.7 Å². The first-order valence-corrected chi connectivity index (χ1v) is 11.9. The molecule has 1 N–H and O–H groups in total. The Morgan fingerprint density at radius 3 is 2.59 bits per heavy atom. The minimum absolute atomic E-state index is 0.00965. The van der Waals surface area contributed by atoms with Crippen LogP contribution in [0.4, 0.5) is 5.69 Å². The van der Waals surface area contributed by atoms with Crippen LogP contribution in [-0.4, -0.2) is 47.0 Å². The molecule has 3 aromatic rings. The van der Waals surface area contributed by atoms with Crippen molar-refractivity contribution in [3.8, 4) is 0 Å². The van der Waals surface area contributed by atoms with Crippen molar-refractivity contribution in [3.63, 3.8) is 0 Å². The number of benzene rings is 2. The normalized spacial score (nSPS) is 13.9. The summed E-state index contributed by atoms with van der Waals surface area (Å²) in [4.78, 5) is 36.3. The van der Waals surface area contributed by atoms with Gasteiger partial charge >= 0.3 is 0 Å². The number of anilines is 1. The Labute approximate surface area is 196 Å². The van der Waals surface area contributed by atoms with E-state index in [1.807, 2.05) is 53.4 Å². The highest BCUT2D eigenvalue weighted by atomic mass is 35.5. The Hall–Kier alpha value is -2.77. The second-order valence-electron chi connectivity index (χ2n) is 7.79. The molecular formula is C24H25ClN4O2S. The van der Waals surface area contributed by atoms with Crippen LogP contribution >= 0.6 is 23.4 Å². The van der Waals surface area contributed by atoms with E-state index in [0.29, 0.717) is 34.7 Å². The van der Waals surface area contributed by atoms with Crippen LogP contribution in [0.1, 0.15) is 16.8 Å². The summed E-state index contributed by atoms with van der Waals surface area (Å²) in [5, 5.41) is 1.25. The van der Waals surface area contributed by atoms with Crippen molar-refractivity contribution < 1.29 is 4.79 Å². The number of halogens is 1. The van der Waals surface area contributed by atoms with Crippen molar-refractivity contribution in [2.45, 2.75) is 24.3 Å². The molecule has 1 aliphatic rings. The van der Waals surface area contributed by atoms with E-state index in [2.05, 4.69) is 21.8 Å². The van der Waals surface area contributed by atoms with E-state index in [4.69, 9.17) is 11.6 Å². The number of H-pyrrole nitrogens is 1. The molecule has 1 amide bonds. The quantitative estimate of drug-likeness (QED) is 0.438. The topological polar surface area (TPSA) is 69.3 Å². The van der Waals surface area contributed by atoms with E-state index in [1.165, 1.54) is 23.4 Å². The van der Waals surface area contributed by atoms with Crippen LogP contribution in [0, 0.1) is 6.92 Å². The third-order valence-electron chi connectivity index (χ3n) is 5.47. The SMILES string of the molecule is Cc1ccc(Cl)cc1N1CCN(C(=O)Cc2cc(=O)[nH]c(SCc3ccccc3)n2)CC1. The number of aromatic nitrogens is 2. The highest BCUT2D eigenvalue weighted by Gasteiger charge is 2.23. The minimum Gasteiger partial charge on any atom is -0.368 e. The van der Waals surface area contributed by atoms with Crippen LogP contribution in [0.3, 0.4) is 0 Å². The van der Waals surface area contributed by atoms with Crippen molar-refractivity contribution in [1.29, 1.82) is 0 Å². The average Bonchev–Trinajstić information content (AvgIpc) is 2.80. The molecule has 32 heavy (non-hydrogen) atoms. The Morgan fingerprint density at radius 1 is 1.09 bits per heavy atom. The maximum Gasteiger partial charge on any atom is 0.251 e. The van der Waals surface area contributed by atoms with Crippen LogP contribution in [0.5, 0.6) is 0 Å². The van der Waals surface area contributed by atoms with Crippen LogP contribution in [-0.2, 0) is 17.0 Å². The fourth-order valence-corrected chi connectivity index (χ4v) is 4.77. The molecular weight excluding hydrogens is 444 g/mol. The summed E-state index contributed by atoms with van der Waals surface area (Å²) in [7, 11) is 0. The Kier molecular flexibility index (Phi) is 7.17. The molecule has 0 aliphatic carbocycles. The number of amides is 1. The molecule has 8 heteroatoms. The number of carbonyl (C=O) groups is 1. The summed E-state index contributed by atoms with van der Waals surface area (Å²) in [5.74, 6) is 0.691. The molecule has 0 saturated carbocycles. The number of carbonyl (C=O) groups excluding carboxylic acids is 1. The number of nitrogens with one attached hydrogen (secondary N) is 1. The summed E-state index contributed by atoms with van der Waals surface area (Å²) >= 11 is 7.62. The summed E-state index contributed by atoms with van der Waals surface area (Å²) in [6, 6.07) is 17.3. The highest BCUT2D eigenvalue weighted by molar-refractivity contribution is 7.98. The number of aromatic amines is 1. The van der Waals surface area contributed by atoms with Gasteiger partial charge in [-0.15, -0.1) is 0 Å². The van der Waals surface area contributed by atoms with Gasteiger partial charge in [0.2, 0.25) is 5.91 Å². The first-order valence-electron chi connectivity index (χ1n) is 10.5. The summed E-state index contributed by atoms with van der Waals surface area (Å²) < 4.78 is 0. The van der Waals surface area contributed by atoms with Gasteiger partial charge in [-0.05, 0) is 30.2 Å². The average molecular weight is 469 g/mol. The highest BCUT2D eigenvalue weighted by Crippen LogP contribution is 2.25. The molecule has 166 valence electrons. The van der Waals surface area contributed by atoms with Gasteiger partial charge in [0.05, 0.1) is 12.1 Å². The van der Waals surface area contributed by atoms with Crippen LogP contribution < -0.4 is 10.5 Å². The fraction of sp³-hybridized carbons (Fsp3) is 0.292. The molecule has 0 bridgehead atoms. The standard InChI is InChI=1S/C24H25ClN4O2S/c1-17-7-8-19(25)13-21(17)28-9-11-29(12-10-28)23(31)15-20-14-22(30)27-24(26-20)32-16-18-5-3-2-4-6-18/h2-8,13-14H,9-12,15-16H2,1H3,(H,26,27,30). The molecule has 0 atom stereocenters. The number of aryl methyl sites for hydroxylation is 1. The van der Waals surface area contributed by atoms with Crippen LogP contribution in [0.15, 0.2) is 64.5 Å². The Balaban J connectivity index is 1.35. The van der Waals surface area contributed by atoms with Gasteiger partial charge in [-0.1, -0.05) is 59.8 Å². The van der Waals surface area contributed by atoms with E-state index in [1.54, 1.807) is 0 Å². The predicted octanol–water partition coefficient (Wildman–Crippen LogP) is 3.92. The van der Waals surface area contributed by atoms with Gasteiger partial charge < -0.3 is 14.8 Å². The zero-order valence-electron chi connectivity index (χ0n) is 17.9. The number of hydrogen-bond donors (Lipinski definition) is 1. The second-order valence-corrected chi connectivity index (χ2v) is 9.19. The van der Waals surface area contributed by atoms with E-state index < -0.39 is 0 Å². The summed E-state index contributed by atoms with van der Waals surface area (Å²) in [5.41, 5.74) is 3.69. The van der Waals surface area contributed by atoms with Gasteiger partial charge in [0.1, 0.15) is 0 Å². The second kappa shape index (κ2) is 10.2. The molecule has 0 unspecified atom stereocenters. The van der Waals surface area contributed by atoms with Crippen molar-refractivity contribution in [1.82, 2.24) is 14.9 Å². The van der Waals surface area contributed by atoms with Gasteiger partial charge in [-0.3, -0.25) is 9.59 Å². The van der Waals surface area contributed by atoms with Crippen molar-refractivity contribution in [3.05, 3.63) is 86.8 Å². The van der Waals surface area contributed by atoms with Crippen molar-refractivity contribution >= 4 is 35.0 Å². The van der Waals surface area contributed by atoms with Gasteiger partial charge in [0.25, 0.3) is 5.56 Å². The fourth-order valence-electron chi connectivity index (χ4n) is 3.76. The molecule has 6 nitrogen and oxygen atoms in total. The number of rotatable bonds is 6. The van der Waals surface area contributed by atoms with E-state index >= 15 is 0 Å². The zero-order valence-corrected chi connectivity index (χ0v) is 19.5. The minimum atomic E-state index is -0.236. The first-order chi connectivity index (χ1) is 15.5. The molecule has 0 radical (unpaired) electrons. The molecule has 1 aliphatic heterocycles. The summed E-state index contributed by atoms with van der Waals surface area (Å²) in [6.45, 7) is 4.81. The number of thioether (sulfide) groups is 1. The zero-order chi connectivity index (χ0) is 22.5. The van der Waals surface area contributed by atoms with Crippen LogP contribution in [0.25, 0.3) is 0 Å². The monoisotopic (exact) mass is 468 g/mol. The van der Waals surface area contributed by atoms with Gasteiger partial charge in [-0.2, -0.15) is 0 Å². The van der Waals surface area contributed by atoms with E-state index in [9.17, 15) is 9.59 Å². The lowest BCUT2D eigenvalue weighted by atomic mass is 10.1. The maximum absolute atomic E-state index is 12.9. The molecule has 2 heterocycles. The summed E-state index contributed by atoms with van der Waals surface area (Å²) in [6.07, 6.45) is 0.124. The lowest BCUT2D eigenvalue weighted by Gasteiger charge is -2.37. The number of nitrogens with zero attached hydrogens (tertiary/aromatic N) is 3. The van der Waals surface area contributed by atoms with Crippen molar-refractivity contribution in [2.75, 3.05) is 31.1 Å². The molecule has 1 saturated heterocycles. The Bertz CT molecular complexity index is 1140. The molecule has 1 fully saturated rings. The first kappa shape index (κ1) is 22.4. The lowest BCUT2D eigenvalue weighted by Crippen LogP contribution is -2.49. The molecule has 4 rings (SSSR count). The third kappa shape index (κ3) is 5.72. The molecule has 1 aromatic heterocycles. The van der Waals surface area contributed by atoms with E-state index in [0.717, 1.165) is 24.3 Å². The lowest BCUT2D eigenvalue weighted by molar-refractivity contribution is -0.130. The van der Waals surface area contributed by atoms with Gasteiger partial charge in [-0.25, -0.2) is 4.98 Å². The maximum atomic E-state index is 12.9. The largest absolute Gasteiger partial charge is 0.368 e. The predicted molar refractivity (Wildman–Crippen MR) is 130 cm³/mol. The smallest absolute Gasteiger partial charge is 0.251 e. The Morgan fingerprint density at radius 2 is 1.84 bits per heavy atom.